The maximum Gasteiger partial charge on any atom is 0.253 e. The van der Waals surface area contributed by atoms with E-state index in [-0.39, 0.29) is 23.0 Å². The van der Waals surface area contributed by atoms with Crippen molar-refractivity contribution in [3.05, 3.63) is 64.9 Å². The van der Waals surface area contributed by atoms with E-state index in [0.29, 0.717) is 55.3 Å². The van der Waals surface area contributed by atoms with Crippen LogP contribution in [0.25, 0.3) is 0 Å². The van der Waals surface area contributed by atoms with Crippen molar-refractivity contribution in [3.8, 4) is 5.75 Å². The van der Waals surface area contributed by atoms with E-state index in [4.69, 9.17) is 16.3 Å². The van der Waals surface area contributed by atoms with Crippen molar-refractivity contribution in [1.29, 1.82) is 0 Å². The van der Waals surface area contributed by atoms with Crippen molar-refractivity contribution in [2.75, 3.05) is 52.9 Å². The van der Waals surface area contributed by atoms with Crippen LogP contribution >= 0.6 is 11.6 Å². The van der Waals surface area contributed by atoms with Crippen molar-refractivity contribution in [2.45, 2.75) is 19.3 Å². The lowest BCUT2D eigenvalue weighted by molar-refractivity contribution is -0.136. The molecule has 0 radical (unpaired) electrons. The van der Waals surface area contributed by atoms with Crippen molar-refractivity contribution in [1.82, 2.24) is 14.7 Å². The van der Waals surface area contributed by atoms with Gasteiger partial charge in [0.1, 0.15) is 11.6 Å². The fourth-order valence-electron chi connectivity index (χ4n) is 4.59. The summed E-state index contributed by atoms with van der Waals surface area (Å²) in [5, 5.41) is 0.592. The van der Waals surface area contributed by atoms with Crippen molar-refractivity contribution in [3.63, 3.8) is 0 Å². The van der Waals surface area contributed by atoms with Gasteiger partial charge < -0.3 is 19.4 Å². The number of hydrogen-bond donors (Lipinski definition) is 0. The number of carbonyl (C=O) groups excluding carboxylic acids is 2. The second kappa shape index (κ2) is 10.7. The van der Waals surface area contributed by atoms with Crippen LogP contribution in [0, 0.1) is 11.2 Å². The number of rotatable bonds is 6. The number of ether oxygens (including phenoxy) is 1. The minimum absolute atomic E-state index is 0.0323. The molecule has 6 nitrogen and oxygen atoms in total. The number of likely N-dealkylation sites (N-methyl/N-ethyl adjacent to an activating group) is 1. The number of amides is 2. The van der Waals surface area contributed by atoms with Crippen molar-refractivity contribution >= 4 is 23.4 Å². The van der Waals surface area contributed by atoms with E-state index < -0.39 is 0 Å². The van der Waals surface area contributed by atoms with Gasteiger partial charge in [0.2, 0.25) is 5.91 Å². The van der Waals surface area contributed by atoms with Gasteiger partial charge in [-0.15, -0.1) is 0 Å². The maximum absolute atomic E-state index is 13.3. The van der Waals surface area contributed by atoms with Crippen LogP contribution in [-0.4, -0.2) is 79.4 Å². The Morgan fingerprint density at radius 3 is 2.15 bits per heavy atom. The number of halogens is 2. The number of nitrogens with zero attached hydrogens (tertiary/aromatic N) is 3. The van der Waals surface area contributed by atoms with E-state index in [1.54, 1.807) is 36.4 Å². The van der Waals surface area contributed by atoms with Gasteiger partial charge in [0.05, 0.1) is 6.61 Å². The van der Waals surface area contributed by atoms with E-state index in [2.05, 4.69) is 11.9 Å². The molecule has 182 valence electrons. The zero-order chi connectivity index (χ0) is 24.1. The minimum Gasteiger partial charge on any atom is -0.493 e. The second-order valence-corrected chi connectivity index (χ2v) is 9.84. The summed E-state index contributed by atoms with van der Waals surface area (Å²) < 4.78 is 19.3. The molecule has 0 bridgehead atoms. The topological polar surface area (TPSA) is 53.1 Å². The lowest BCUT2D eigenvalue weighted by atomic mass is 9.75. The molecule has 4 rings (SSSR count). The van der Waals surface area contributed by atoms with Crippen LogP contribution in [0.15, 0.2) is 48.5 Å². The molecular formula is C26H31ClFN3O3. The molecule has 2 aromatic rings. The molecule has 2 amide bonds. The van der Waals surface area contributed by atoms with E-state index >= 15 is 0 Å². The molecule has 0 spiro atoms. The molecule has 8 heteroatoms. The smallest absolute Gasteiger partial charge is 0.253 e. The summed E-state index contributed by atoms with van der Waals surface area (Å²) in [6, 6.07) is 12.8. The number of piperidine rings is 1. The Bertz CT molecular complexity index is 983. The Hall–Kier alpha value is -2.64. The average Bonchev–Trinajstić information content (AvgIpc) is 2.85. The highest BCUT2D eigenvalue weighted by molar-refractivity contribution is 6.30. The fraction of sp³-hybridized carbons (Fsp3) is 0.462. The van der Waals surface area contributed by atoms with Gasteiger partial charge in [-0.1, -0.05) is 11.6 Å². The summed E-state index contributed by atoms with van der Waals surface area (Å²) in [5.41, 5.74) is 0.221. The van der Waals surface area contributed by atoms with Gasteiger partial charge >= 0.3 is 0 Å². The van der Waals surface area contributed by atoms with Gasteiger partial charge in [0.25, 0.3) is 5.91 Å². The van der Waals surface area contributed by atoms with Crippen LogP contribution < -0.4 is 4.74 Å². The Morgan fingerprint density at radius 2 is 1.53 bits per heavy atom. The normalized spacial score (nSPS) is 18.6. The molecule has 0 unspecified atom stereocenters. The van der Waals surface area contributed by atoms with E-state index in [9.17, 15) is 14.0 Å². The summed E-state index contributed by atoms with van der Waals surface area (Å²) in [7, 11) is 2.06. The fourth-order valence-corrected chi connectivity index (χ4v) is 4.71. The van der Waals surface area contributed by atoms with Gasteiger partial charge in [-0.05, 0) is 68.4 Å². The third-order valence-corrected chi connectivity index (χ3v) is 7.20. The Balaban J connectivity index is 1.44. The Morgan fingerprint density at radius 1 is 0.912 bits per heavy atom. The predicted octanol–water partition coefficient (Wildman–Crippen LogP) is 3.94. The van der Waals surface area contributed by atoms with E-state index in [0.717, 1.165) is 26.2 Å². The molecule has 2 aromatic carbocycles. The van der Waals surface area contributed by atoms with Crippen molar-refractivity contribution < 1.29 is 18.7 Å². The highest BCUT2D eigenvalue weighted by Gasteiger charge is 2.40. The van der Waals surface area contributed by atoms with Crippen LogP contribution in [-0.2, 0) is 4.79 Å². The standard InChI is InChI=1S/C26H31ClFN3O3/c1-29-14-16-30(17-15-29)24(32)18-26(19-34-23-8-6-22(28)7-9-23)10-12-31(13-11-26)25(33)20-2-4-21(27)5-3-20/h2-9H,10-19H2,1H3. The van der Waals surface area contributed by atoms with Gasteiger partial charge in [-0.2, -0.15) is 0 Å². The largest absolute Gasteiger partial charge is 0.493 e. The first-order valence-electron chi connectivity index (χ1n) is 11.7. The zero-order valence-corrected chi connectivity index (χ0v) is 20.3. The molecule has 2 saturated heterocycles. The molecule has 2 fully saturated rings. The molecule has 0 atom stereocenters. The molecule has 0 aromatic heterocycles. The Labute approximate surface area is 205 Å². The van der Waals surface area contributed by atoms with Gasteiger partial charge in [0.15, 0.2) is 0 Å². The first kappa shape index (κ1) is 24.5. The quantitative estimate of drug-likeness (QED) is 0.619. The molecule has 2 heterocycles. The van der Waals surface area contributed by atoms with Crippen LogP contribution in [0.5, 0.6) is 5.75 Å². The van der Waals surface area contributed by atoms with Crippen LogP contribution in [0.2, 0.25) is 5.02 Å². The highest BCUT2D eigenvalue weighted by Crippen LogP contribution is 2.37. The summed E-state index contributed by atoms with van der Waals surface area (Å²) >= 11 is 5.96. The summed E-state index contributed by atoms with van der Waals surface area (Å²) in [6.07, 6.45) is 1.70. The number of carbonyl (C=O) groups is 2. The van der Waals surface area contributed by atoms with E-state index in [1.165, 1.54) is 12.1 Å². The molecule has 2 aliphatic rings. The highest BCUT2D eigenvalue weighted by atomic mass is 35.5. The SMILES string of the molecule is CN1CCN(C(=O)CC2(COc3ccc(F)cc3)CCN(C(=O)c3ccc(Cl)cc3)CC2)CC1. The molecule has 0 saturated carbocycles. The third-order valence-electron chi connectivity index (χ3n) is 6.94. The number of likely N-dealkylation sites (tertiary alicyclic amines) is 1. The summed E-state index contributed by atoms with van der Waals surface area (Å²) in [4.78, 5) is 32.2. The van der Waals surface area contributed by atoms with Crippen LogP contribution in [0.1, 0.15) is 29.6 Å². The first-order valence-corrected chi connectivity index (χ1v) is 12.1. The molecule has 34 heavy (non-hydrogen) atoms. The van der Waals surface area contributed by atoms with Gasteiger partial charge in [-0.3, -0.25) is 9.59 Å². The van der Waals surface area contributed by atoms with Gasteiger partial charge in [0, 0.05) is 61.7 Å². The first-order chi connectivity index (χ1) is 16.3. The van der Waals surface area contributed by atoms with Crippen LogP contribution in [0.4, 0.5) is 4.39 Å². The minimum atomic E-state index is -0.383. The zero-order valence-electron chi connectivity index (χ0n) is 19.5. The van der Waals surface area contributed by atoms with Crippen molar-refractivity contribution in [2.24, 2.45) is 5.41 Å². The monoisotopic (exact) mass is 487 g/mol. The van der Waals surface area contributed by atoms with Crippen LogP contribution in [0.3, 0.4) is 0 Å². The van der Waals surface area contributed by atoms with E-state index in [1.807, 2.05) is 9.80 Å². The van der Waals surface area contributed by atoms with Gasteiger partial charge in [-0.25, -0.2) is 4.39 Å². The third kappa shape index (κ3) is 6.07. The predicted molar refractivity (Wildman–Crippen MR) is 130 cm³/mol. The number of hydrogen-bond acceptors (Lipinski definition) is 4. The molecule has 0 N–H and O–H groups in total. The molecule has 0 aliphatic carbocycles. The maximum atomic E-state index is 13.3. The number of piperazine rings is 1. The number of benzene rings is 2. The second-order valence-electron chi connectivity index (χ2n) is 9.40. The average molecular weight is 488 g/mol. The lowest BCUT2D eigenvalue weighted by Gasteiger charge is -2.42. The Kier molecular flexibility index (Phi) is 7.73. The molecular weight excluding hydrogens is 457 g/mol. The lowest BCUT2D eigenvalue weighted by Crippen LogP contribution is -2.51. The summed E-state index contributed by atoms with van der Waals surface area (Å²) in [5.74, 6) is 0.359. The summed E-state index contributed by atoms with van der Waals surface area (Å²) in [6.45, 7) is 4.63. The molecule has 2 aliphatic heterocycles.